The van der Waals surface area contributed by atoms with Crippen LogP contribution in [0.1, 0.15) is 36.0 Å². The number of carboxylic acid groups (broad SMARTS) is 1. The third kappa shape index (κ3) is 4.09. The molecular formula is C16H18N4O4. The van der Waals surface area contributed by atoms with E-state index in [4.69, 9.17) is 9.84 Å². The van der Waals surface area contributed by atoms with Crippen LogP contribution in [0.3, 0.4) is 0 Å². The first kappa shape index (κ1) is 16.0. The van der Waals surface area contributed by atoms with Crippen molar-refractivity contribution in [2.75, 3.05) is 5.32 Å². The van der Waals surface area contributed by atoms with Crippen LogP contribution in [0, 0.1) is 0 Å². The normalized spacial score (nSPS) is 14.5. The predicted molar refractivity (Wildman–Crippen MR) is 84.9 cm³/mol. The largest absolute Gasteiger partial charge is 0.480 e. The van der Waals surface area contributed by atoms with Crippen molar-refractivity contribution in [3.8, 4) is 5.88 Å². The quantitative estimate of drug-likeness (QED) is 0.838. The lowest BCUT2D eigenvalue weighted by Crippen LogP contribution is -2.15. The highest BCUT2D eigenvalue weighted by atomic mass is 16.5. The molecule has 8 heteroatoms. The van der Waals surface area contributed by atoms with Gasteiger partial charge in [-0.3, -0.25) is 14.3 Å². The molecule has 2 heterocycles. The van der Waals surface area contributed by atoms with Crippen LogP contribution < -0.4 is 10.1 Å². The minimum absolute atomic E-state index is 0.218. The molecule has 0 unspecified atom stereocenters. The maximum Gasteiger partial charge on any atom is 0.325 e. The van der Waals surface area contributed by atoms with E-state index >= 15 is 0 Å². The molecule has 1 aliphatic rings. The van der Waals surface area contributed by atoms with Gasteiger partial charge in [0.15, 0.2) is 5.82 Å². The molecule has 1 fully saturated rings. The lowest BCUT2D eigenvalue weighted by atomic mass is 10.2. The summed E-state index contributed by atoms with van der Waals surface area (Å²) >= 11 is 0. The van der Waals surface area contributed by atoms with Crippen molar-refractivity contribution in [1.29, 1.82) is 0 Å². The summed E-state index contributed by atoms with van der Waals surface area (Å²) in [6.07, 6.45) is 7.61. The Kier molecular flexibility index (Phi) is 4.74. The lowest BCUT2D eigenvalue weighted by Gasteiger charge is -2.11. The Morgan fingerprint density at radius 2 is 2.08 bits per heavy atom. The molecule has 24 heavy (non-hydrogen) atoms. The zero-order valence-electron chi connectivity index (χ0n) is 13.0. The van der Waals surface area contributed by atoms with Gasteiger partial charge in [-0.25, -0.2) is 4.98 Å². The van der Waals surface area contributed by atoms with Crippen molar-refractivity contribution in [3.05, 3.63) is 36.2 Å². The molecule has 0 bridgehead atoms. The van der Waals surface area contributed by atoms with Crippen molar-refractivity contribution in [2.45, 2.75) is 38.3 Å². The minimum atomic E-state index is -1.00. The summed E-state index contributed by atoms with van der Waals surface area (Å²) in [5.74, 6) is -0.565. The third-order valence-corrected chi connectivity index (χ3v) is 3.77. The molecule has 0 radical (unpaired) electrons. The Hall–Kier alpha value is -2.90. The fourth-order valence-electron chi connectivity index (χ4n) is 2.60. The molecule has 2 N–H and O–H groups in total. The van der Waals surface area contributed by atoms with E-state index in [0.29, 0.717) is 11.4 Å². The summed E-state index contributed by atoms with van der Waals surface area (Å²) in [7, 11) is 0. The van der Waals surface area contributed by atoms with Crippen LogP contribution in [0.15, 0.2) is 30.6 Å². The van der Waals surface area contributed by atoms with Crippen molar-refractivity contribution < 1.29 is 19.4 Å². The highest BCUT2D eigenvalue weighted by Crippen LogP contribution is 2.22. The van der Waals surface area contributed by atoms with Gasteiger partial charge >= 0.3 is 5.97 Å². The number of pyridine rings is 1. The number of aromatic nitrogens is 3. The first-order valence-corrected chi connectivity index (χ1v) is 7.79. The van der Waals surface area contributed by atoms with E-state index < -0.39 is 5.97 Å². The number of rotatable bonds is 6. The SMILES string of the molecule is O=C(O)Cn1ccc(NC(=O)c2ccc(OC3CCCC3)nc2)n1. The van der Waals surface area contributed by atoms with Gasteiger partial charge in [0.2, 0.25) is 5.88 Å². The average Bonchev–Trinajstić information content (AvgIpc) is 3.20. The fourth-order valence-corrected chi connectivity index (χ4v) is 2.60. The van der Waals surface area contributed by atoms with Crippen LogP contribution in [-0.4, -0.2) is 37.9 Å². The highest BCUT2D eigenvalue weighted by molar-refractivity contribution is 6.03. The molecule has 3 rings (SSSR count). The number of amides is 1. The second-order valence-electron chi connectivity index (χ2n) is 5.66. The van der Waals surface area contributed by atoms with E-state index in [1.165, 1.54) is 36.0 Å². The molecule has 0 aromatic carbocycles. The first-order chi connectivity index (χ1) is 11.6. The monoisotopic (exact) mass is 330 g/mol. The standard InChI is InChI=1S/C16H18N4O4/c21-15(22)10-20-8-7-13(19-20)18-16(23)11-5-6-14(17-9-11)24-12-3-1-2-4-12/h5-9,12H,1-4,10H2,(H,21,22)(H,18,19,23). The van der Waals surface area contributed by atoms with E-state index in [-0.39, 0.29) is 24.4 Å². The van der Waals surface area contributed by atoms with Crippen LogP contribution in [0.25, 0.3) is 0 Å². The van der Waals surface area contributed by atoms with Gasteiger partial charge in [0.05, 0.1) is 5.56 Å². The van der Waals surface area contributed by atoms with E-state index in [2.05, 4.69) is 15.4 Å². The summed E-state index contributed by atoms with van der Waals surface area (Å²) in [6.45, 7) is -0.259. The summed E-state index contributed by atoms with van der Waals surface area (Å²) in [6, 6.07) is 4.85. The summed E-state index contributed by atoms with van der Waals surface area (Å²) in [4.78, 5) is 26.9. The smallest absolute Gasteiger partial charge is 0.325 e. The van der Waals surface area contributed by atoms with Crippen LogP contribution >= 0.6 is 0 Å². The number of aliphatic carboxylic acids is 1. The average molecular weight is 330 g/mol. The predicted octanol–water partition coefficient (Wildman–Crippen LogP) is 1.94. The van der Waals surface area contributed by atoms with Gasteiger partial charge in [-0.15, -0.1) is 0 Å². The molecule has 1 amide bonds. The molecule has 2 aromatic rings. The summed E-state index contributed by atoms with van der Waals surface area (Å²) < 4.78 is 6.99. The van der Waals surface area contributed by atoms with E-state index in [1.54, 1.807) is 12.1 Å². The number of carbonyl (C=O) groups excluding carboxylic acids is 1. The number of ether oxygens (including phenoxy) is 1. The maximum atomic E-state index is 12.1. The Labute approximate surface area is 138 Å². The molecule has 8 nitrogen and oxygen atoms in total. The van der Waals surface area contributed by atoms with Gasteiger partial charge in [-0.1, -0.05) is 0 Å². The second-order valence-corrected chi connectivity index (χ2v) is 5.66. The van der Waals surface area contributed by atoms with Crippen LogP contribution in [0.2, 0.25) is 0 Å². The first-order valence-electron chi connectivity index (χ1n) is 7.79. The van der Waals surface area contributed by atoms with Crippen molar-refractivity contribution in [2.24, 2.45) is 0 Å². The fraction of sp³-hybridized carbons (Fsp3) is 0.375. The second kappa shape index (κ2) is 7.12. The topological polar surface area (TPSA) is 106 Å². The van der Waals surface area contributed by atoms with Gasteiger partial charge in [0.1, 0.15) is 12.6 Å². The highest BCUT2D eigenvalue weighted by Gasteiger charge is 2.17. The van der Waals surface area contributed by atoms with Crippen LogP contribution in [0.5, 0.6) is 5.88 Å². The molecule has 0 spiro atoms. The van der Waals surface area contributed by atoms with E-state index in [9.17, 15) is 9.59 Å². The van der Waals surface area contributed by atoms with E-state index in [1.807, 2.05) is 0 Å². The number of nitrogens with one attached hydrogen (secondary N) is 1. The Morgan fingerprint density at radius 3 is 2.75 bits per heavy atom. The number of hydrogen-bond donors (Lipinski definition) is 2. The third-order valence-electron chi connectivity index (χ3n) is 3.77. The van der Waals surface area contributed by atoms with Crippen molar-refractivity contribution in [3.63, 3.8) is 0 Å². The zero-order chi connectivity index (χ0) is 16.9. The Morgan fingerprint density at radius 1 is 1.29 bits per heavy atom. The Bertz CT molecular complexity index is 720. The van der Waals surface area contributed by atoms with Crippen molar-refractivity contribution in [1.82, 2.24) is 14.8 Å². The minimum Gasteiger partial charge on any atom is -0.480 e. The number of hydrogen-bond acceptors (Lipinski definition) is 5. The molecule has 126 valence electrons. The molecule has 2 aromatic heterocycles. The summed E-state index contributed by atoms with van der Waals surface area (Å²) in [5.41, 5.74) is 0.376. The van der Waals surface area contributed by atoms with Gasteiger partial charge < -0.3 is 15.2 Å². The number of anilines is 1. The molecule has 0 atom stereocenters. The van der Waals surface area contributed by atoms with Crippen molar-refractivity contribution >= 4 is 17.7 Å². The number of nitrogens with zero attached hydrogens (tertiary/aromatic N) is 3. The molecule has 0 aliphatic heterocycles. The van der Waals surface area contributed by atoms with Crippen LogP contribution in [0.4, 0.5) is 5.82 Å². The number of carboxylic acids is 1. The van der Waals surface area contributed by atoms with Gasteiger partial charge in [0, 0.05) is 24.5 Å². The number of carbonyl (C=O) groups is 2. The van der Waals surface area contributed by atoms with Crippen LogP contribution in [-0.2, 0) is 11.3 Å². The molecule has 1 aliphatic carbocycles. The zero-order valence-corrected chi connectivity index (χ0v) is 13.0. The molecule has 0 saturated heterocycles. The maximum absolute atomic E-state index is 12.1. The molecule has 1 saturated carbocycles. The van der Waals surface area contributed by atoms with Gasteiger partial charge in [-0.2, -0.15) is 5.10 Å². The van der Waals surface area contributed by atoms with E-state index in [0.717, 1.165) is 12.8 Å². The Balaban J connectivity index is 1.58. The van der Waals surface area contributed by atoms with Gasteiger partial charge in [-0.05, 0) is 31.7 Å². The lowest BCUT2D eigenvalue weighted by molar-refractivity contribution is -0.137. The molecular weight excluding hydrogens is 312 g/mol. The van der Waals surface area contributed by atoms with Gasteiger partial charge in [0.25, 0.3) is 5.91 Å². The summed E-state index contributed by atoms with van der Waals surface area (Å²) in [5, 5.41) is 15.3.